The number of methoxy groups -OCH3 is 2. The minimum Gasteiger partial charge on any atom is -0.493 e. The number of morpholine rings is 1. The fourth-order valence-electron chi connectivity index (χ4n) is 2.12. The van der Waals surface area contributed by atoms with Gasteiger partial charge in [-0.05, 0) is 6.07 Å². The van der Waals surface area contributed by atoms with E-state index >= 15 is 0 Å². The Kier molecular flexibility index (Phi) is 7.28. The predicted octanol–water partition coefficient (Wildman–Crippen LogP) is 0.730. The maximum atomic E-state index is 12.0. The third-order valence-electron chi connectivity index (χ3n) is 3.16. The Morgan fingerprint density at radius 3 is 2.86 bits per heavy atom. The standard InChI is InChI=1S/C14H20N2O4.ClH/c1-18-11-5-3-4-10(13(11)19-2)8-16-14(17)12-9-15-6-7-20-12;/h3-5,12,15H,6-9H2,1-2H3,(H,16,17);1H. The molecule has 0 spiro atoms. The third-order valence-corrected chi connectivity index (χ3v) is 3.16. The normalized spacial score (nSPS) is 17.5. The minimum absolute atomic E-state index is 0. The van der Waals surface area contributed by atoms with Crippen molar-refractivity contribution in [3.63, 3.8) is 0 Å². The zero-order valence-corrected chi connectivity index (χ0v) is 13.0. The quantitative estimate of drug-likeness (QED) is 0.838. The van der Waals surface area contributed by atoms with Crippen LogP contribution in [0.5, 0.6) is 11.5 Å². The van der Waals surface area contributed by atoms with Crippen molar-refractivity contribution < 1.29 is 19.0 Å². The molecule has 1 saturated heterocycles. The highest BCUT2D eigenvalue weighted by molar-refractivity contribution is 5.85. The molecule has 1 aliphatic heterocycles. The first kappa shape index (κ1) is 17.6. The highest BCUT2D eigenvalue weighted by Gasteiger charge is 2.21. The van der Waals surface area contributed by atoms with Crippen LogP contribution in [0.15, 0.2) is 18.2 Å². The van der Waals surface area contributed by atoms with Gasteiger partial charge in [-0.1, -0.05) is 12.1 Å². The lowest BCUT2D eigenvalue weighted by atomic mass is 10.1. The molecular weight excluding hydrogens is 296 g/mol. The molecule has 118 valence electrons. The van der Waals surface area contributed by atoms with Gasteiger partial charge in [0.1, 0.15) is 6.10 Å². The highest BCUT2D eigenvalue weighted by atomic mass is 35.5. The van der Waals surface area contributed by atoms with Gasteiger partial charge in [0, 0.05) is 25.2 Å². The average molecular weight is 317 g/mol. The fraction of sp³-hybridized carbons (Fsp3) is 0.500. The van der Waals surface area contributed by atoms with Gasteiger partial charge in [0.15, 0.2) is 11.5 Å². The number of benzene rings is 1. The van der Waals surface area contributed by atoms with Crippen LogP contribution in [0, 0.1) is 0 Å². The van der Waals surface area contributed by atoms with Crippen molar-refractivity contribution in [2.24, 2.45) is 0 Å². The molecule has 1 heterocycles. The molecule has 2 rings (SSSR count). The second-order valence-corrected chi connectivity index (χ2v) is 4.43. The highest BCUT2D eigenvalue weighted by Crippen LogP contribution is 2.30. The van der Waals surface area contributed by atoms with Gasteiger partial charge in [-0.3, -0.25) is 4.79 Å². The van der Waals surface area contributed by atoms with Crippen LogP contribution >= 0.6 is 12.4 Å². The molecule has 2 N–H and O–H groups in total. The number of hydrogen-bond donors (Lipinski definition) is 2. The molecule has 0 aliphatic carbocycles. The van der Waals surface area contributed by atoms with Gasteiger partial charge in [-0.2, -0.15) is 0 Å². The van der Waals surface area contributed by atoms with Crippen LogP contribution in [0.2, 0.25) is 0 Å². The van der Waals surface area contributed by atoms with Crippen LogP contribution < -0.4 is 20.1 Å². The second kappa shape index (κ2) is 8.71. The predicted molar refractivity (Wildman–Crippen MR) is 81.3 cm³/mol. The van der Waals surface area contributed by atoms with Gasteiger partial charge < -0.3 is 24.8 Å². The SMILES string of the molecule is COc1cccc(CNC(=O)C2CNCCO2)c1OC.Cl. The summed E-state index contributed by atoms with van der Waals surface area (Å²) in [6.07, 6.45) is -0.430. The average Bonchev–Trinajstić information content (AvgIpc) is 2.52. The Morgan fingerprint density at radius 1 is 1.43 bits per heavy atom. The minimum atomic E-state index is -0.430. The number of halogens is 1. The topological polar surface area (TPSA) is 68.8 Å². The van der Waals surface area contributed by atoms with Crippen molar-refractivity contribution >= 4 is 18.3 Å². The fourth-order valence-corrected chi connectivity index (χ4v) is 2.12. The monoisotopic (exact) mass is 316 g/mol. The summed E-state index contributed by atoms with van der Waals surface area (Å²) >= 11 is 0. The molecule has 0 bridgehead atoms. The molecule has 21 heavy (non-hydrogen) atoms. The summed E-state index contributed by atoms with van der Waals surface area (Å²) in [4.78, 5) is 12.0. The van der Waals surface area contributed by atoms with Crippen LogP contribution in [0.4, 0.5) is 0 Å². The zero-order valence-electron chi connectivity index (χ0n) is 12.2. The van der Waals surface area contributed by atoms with Gasteiger partial charge in [0.2, 0.25) is 0 Å². The molecule has 0 radical (unpaired) electrons. The van der Waals surface area contributed by atoms with Crippen molar-refractivity contribution in [3.05, 3.63) is 23.8 Å². The lowest BCUT2D eigenvalue weighted by Gasteiger charge is -2.23. The van der Waals surface area contributed by atoms with Crippen molar-refractivity contribution in [2.45, 2.75) is 12.6 Å². The maximum absolute atomic E-state index is 12.0. The Bertz CT molecular complexity index is 464. The number of hydrogen-bond acceptors (Lipinski definition) is 5. The summed E-state index contributed by atoms with van der Waals surface area (Å²) in [5, 5.41) is 5.98. The first-order chi connectivity index (χ1) is 9.76. The summed E-state index contributed by atoms with van der Waals surface area (Å²) in [5.74, 6) is 1.16. The first-order valence-electron chi connectivity index (χ1n) is 6.56. The Labute approximate surface area is 130 Å². The summed E-state index contributed by atoms with van der Waals surface area (Å²) < 4.78 is 16.0. The van der Waals surface area contributed by atoms with E-state index in [1.165, 1.54) is 0 Å². The van der Waals surface area contributed by atoms with Crippen molar-refractivity contribution in [1.29, 1.82) is 0 Å². The molecule has 1 amide bonds. The lowest BCUT2D eigenvalue weighted by Crippen LogP contribution is -2.47. The molecule has 1 fully saturated rings. The van der Waals surface area contributed by atoms with Gasteiger partial charge in [-0.15, -0.1) is 12.4 Å². The lowest BCUT2D eigenvalue weighted by molar-refractivity contribution is -0.134. The van der Waals surface area contributed by atoms with Gasteiger partial charge >= 0.3 is 0 Å². The number of rotatable bonds is 5. The van der Waals surface area contributed by atoms with Gasteiger partial charge in [0.25, 0.3) is 5.91 Å². The molecule has 1 aliphatic rings. The van der Waals surface area contributed by atoms with Crippen LogP contribution in [-0.2, 0) is 16.1 Å². The van der Waals surface area contributed by atoms with Crippen LogP contribution in [-0.4, -0.2) is 45.9 Å². The van der Waals surface area contributed by atoms with E-state index < -0.39 is 6.10 Å². The summed E-state index contributed by atoms with van der Waals surface area (Å²) in [6, 6.07) is 5.57. The molecule has 0 aromatic heterocycles. The smallest absolute Gasteiger partial charge is 0.250 e. The van der Waals surface area contributed by atoms with E-state index in [-0.39, 0.29) is 18.3 Å². The second-order valence-electron chi connectivity index (χ2n) is 4.43. The van der Waals surface area contributed by atoms with Crippen LogP contribution in [0.25, 0.3) is 0 Å². The number of nitrogens with one attached hydrogen (secondary N) is 2. The Balaban J connectivity index is 0.00000220. The largest absolute Gasteiger partial charge is 0.493 e. The summed E-state index contributed by atoms with van der Waals surface area (Å²) in [5.41, 5.74) is 0.865. The van der Waals surface area contributed by atoms with E-state index in [4.69, 9.17) is 14.2 Å². The van der Waals surface area contributed by atoms with E-state index in [0.717, 1.165) is 12.1 Å². The van der Waals surface area contributed by atoms with Gasteiger partial charge in [-0.25, -0.2) is 0 Å². The molecule has 1 aromatic carbocycles. The molecular formula is C14H21ClN2O4. The molecule has 1 unspecified atom stereocenters. The number of ether oxygens (including phenoxy) is 3. The van der Waals surface area contributed by atoms with Gasteiger partial charge in [0.05, 0.1) is 20.8 Å². The van der Waals surface area contributed by atoms with Crippen molar-refractivity contribution in [3.8, 4) is 11.5 Å². The Morgan fingerprint density at radius 2 is 2.24 bits per heavy atom. The first-order valence-corrected chi connectivity index (χ1v) is 6.56. The third kappa shape index (κ3) is 4.49. The van der Waals surface area contributed by atoms with Crippen LogP contribution in [0.3, 0.4) is 0 Å². The molecule has 1 atom stereocenters. The van der Waals surface area contributed by atoms with E-state index in [9.17, 15) is 4.79 Å². The molecule has 7 heteroatoms. The summed E-state index contributed by atoms with van der Waals surface area (Å²) in [7, 11) is 3.17. The number of amides is 1. The summed E-state index contributed by atoms with van der Waals surface area (Å²) in [6.45, 7) is 2.26. The Hall–Kier alpha value is -1.50. The zero-order chi connectivity index (χ0) is 14.4. The number of carbonyl (C=O) groups is 1. The van der Waals surface area contributed by atoms with Crippen molar-refractivity contribution in [1.82, 2.24) is 10.6 Å². The molecule has 0 saturated carbocycles. The van der Waals surface area contributed by atoms with Crippen molar-refractivity contribution in [2.75, 3.05) is 33.9 Å². The maximum Gasteiger partial charge on any atom is 0.250 e. The number of carbonyl (C=O) groups excluding carboxylic acids is 1. The molecule has 1 aromatic rings. The van der Waals surface area contributed by atoms with Crippen LogP contribution in [0.1, 0.15) is 5.56 Å². The van der Waals surface area contributed by atoms with E-state index in [2.05, 4.69) is 10.6 Å². The number of para-hydroxylation sites is 1. The van der Waals surface area contributed by atoms with E-state index in [1.54, 1.807) is 14.2 Å². The molecule has 6 nitrogen and oxygen atoms in total. The van der Waals surface area contributed by atoms with E-state index in [1.807, 2.05) is 18.2 Å². The van der Waals surface area contributed by atoms with E-state index in [0.29, 0.717) is 31.2 Å².